The van der Waals surface area contributed by atoms with Crippen molar-refractivity contribution < 1.29 is 24.2 Å². The van der Waals surface area contributed by atoms with Crippen molar-refractivity contribution >= 4 is 24.0 Å². The molecule has 1 aromatic carbocycles. The Balaban J connectivity index is 0.000000929. The SMILES string of the molecule is C/C=C\C(=C/CC)COC(=O)N/C(C=O)=C(\CCC(=O)O)NC.CNc1ccccc1. The molecule has 1 rings (SSSR count). The molecule has 0 saturated heterocycles. The first kappa shape index (κ1) is 27.5. The van der Waals surface area contributed by atoms with Crippen molar-refractivity contribution in [3.05, 3.63) is 65.5 Å². The summed E-state index contributed by atoms with van der Waals surface area (Å²) in [6.45, 7) is 3.91. The summed E-state index contributed by atoms with van der Waals surface area (Å²) in [4.78, 5) is 33.4. The number of allylic oxidation sites excluding steroid dienone is 4. The number of anilines is 1. The Morgan fingerprint density at radius 3 is 2.26 bits per heavy atom. The molecule has 0 fully saturated rings. The van der Waals surface area contributed by atoms with Gasteiger partial charge in [-0.1, -0.05) is 43.4 Å². The predicted molar refractivity (Wildman–Crippen MR) is 123 cm³/mol. The zero-order valence-electron chi connectivity index (χ0n) is 18.6. The average Bonchev–Trinajstić information content (AvgIpc) is 2.78. The van der Waals surface area contributed by atoms with Crippen molar-refractivity contribution in [2.75, 3.05) is 26.0 Å². The summed E-state index contributed by atoms with van der Waals surface area (Å²) < 4.78 is 5.06. The lowest BCUT2D eigenvalue weighted by atomic mass is 10.2. The van der Waals surface area contributed by atoms with Gasteiger partial charge >= 0.3 is 12.1 Å². The monoisotopic (exact) mass is 431 g/mol. The molecular weight excluding hydrogens is 398 g/mol. The fourth-order valence-corrected chi connectivity index (χ4v) is 2.35. The zero-order chi connectivity index (χ0) is 23.5. The molecule has 1 amide bonds. The molecule has 0 heterocycles. The third kappa shape index (κ3) is 13.3. The Morgan fingerprint density at radius 1 is 1.13 bits per heavy atom. The number of hydrogen-bond donors (Lipinski definition) is 4. The van der Waals surface area contributed by atoms with Gasteiger partial charge in [0.15, 0.2) is 6.29 Å². The third-order valence-corrected chi connectivity index (χ3v) is 3.85. The maximum atomic E-state index is 11.8. The van der Waals surface area contributed by atoms with E-state index in [0.29, 0.717) is 12.0 Å². The van der Waals surface area contributed by atoms with E-state index in [2.05, 4.69) is 16.0 Å². The standard InChI is InChI=1S/C16H24N2O5.C7H9N/c1-4-6-12(7-5-2)11-23-16(22)18-14(10-19)13(17-3)8-9-15(20)21;1-8-7-5-3-2-4-6-7/h4,6-7,10,17H,5,8-9,11H2,1-3H3,(H,18,22)(H,20,21);2-6,8H,1H3/b6-4-,12-7+,14-13+;. The molecule has 170 valence electrons. The predicted octanol–water partition coefficient (Wildman–Crippen LogP) is 3.85. The first-order valence-corrected chi connectivity index (χ1v) is 9.97. The first-order chi connectivity index (χ1) is 14.9. The average molecular weight is 432 g/mol. The quantitative estimate of drug-likeness (QED) is 0.239. The third-order valence-electron chi connectivity index (χ3n) is 3.85. The van der Waals surface area contributed by atoms with Gasteiger partial charge in [-0.15, -0.1) is 0 Å². The van der Waals surface area contributed by atoms with E-state index in [1.54, 1.807) is 7.05 Å². The zero-order valence-corrected chi connectivity index (χ0v) is 18.6. The minimum Gasteiger partial charge on any atom is -0.481 e. The highest BCUT2D eigenvalue weighted by Gasteiger charge is 2.12. The molecule has 0 unspecified atom stereocenters. The minimum absolute atomic E-state index is 0.0363. The highest BCUT2D eigenvalue weighted by molar-refractivity contribution is 5.83. The number of hydrogen-bond acceptors (Lipinski definition) is 6. The number of carboxylic acid groups (broad SMARTS) is 1. The van der Waals surface area contributed by atoms with Crippen LogP contribution >= 0.6 is 0 Å². The lowest BCUT2D eigenvalue weighted by Gasteiger charge is -2.12. The summed E-state index contributed by atoms with van der Waals surface area (Å²) in [5.41, 5.74) is 2.30. The van der Waals surface area contributed by atoms with Crippen LogP contribution in [0.4, 0.5) is 10.5 Å². The molecule has 0 aliphatic carbocycles. The van der Waals surface area contributed by atoms with Gasteiger partial charge in [0.2, 0.25) is 0 Å². The summed E-state index contributed by atoms with van der Waals surface area (Å²) in [5.74, 6) is -0.994. The number of carboxylic acids is 1. The minimum atomic E-state index is -0.994. The number of para-hydroxylation sites is 1. The molecule has 4 N–H and O–H groups in total. The van der Waals surface area contributed by atoms with Crippen LogP contribution in [0.2, 0.25) is 0 Å². The van der Waals surface area contributed by atoms with Crippen molar-refractivity contribution in [1.82, 2.24) is 10.6 Å². The maximum absolute atomic E-state index is 11.8. The molecule has 1 aromatic rings. The Kier molecular flexibility index (Phi) is 15.3. The van der Waals surface area contributed by atoms with Gasteiger partial charge in [0.05, 0.1) is 6.42 Å². The van der Waals surface area contributed by atoms with Crippen LogP contribution in [0.15, 0.2) is 65.5 Å². The smallest absolute Gasteiger partial charge is 0.412 e. The summed E-state index contributed by atoms with van der Waals surface area (Å²) in [7, 11) is 3.46. The number of amides is 1. The van der Waals surface area contributed by atoms with Crippen molar-refractivity contribution in [1.29, 1.82) is 0 Å². The van der Waals surface area contributed by atoms with E-state index >= 15 is 0 Å². The summed E-state index contributed by atoms with van der Waals surface area (Å²) in [5, 5.41) is 16.7. The molecular formula is C23H33N3O5. The second-order valence-electron chi connectivity index (χ2n) is 6.16. The van der Waals surface area contributed by atoms with Crippen molar-refractivity contribution in [2.45, 2.75) is 33.1 Å². The summed E-state index contributed by atoms with van der Waals surface area (Å²) >= 11 is 0. The van der Waals surface area contributed by atoms with Crippen LogP contribution in [0.3, 0.4) is 0 Å². The molecule has 0 aliphatic rings. The largest absolute Gasteiger partial charge is 0.481 e. The Bertz CT molecular complexity index is 771. The lowest BCUT2D eigenvalue weighted by Crippen LogP contribution is -2.28. The van der Waals surface area contributed by atoms with E-state index in [9.17, 15) is 14.4 Å². The number of nitrogens with one attached hydrogen (secondary N) is 3. The lowest BCUT2D eigenvalue weighted by molar-refractivity contribution is -0.137. The van der Waals surface area contributed by atoms with Crippen molar-refractivity contribution in [2.24, 2.45) is 0 Å². The molecule has 0 radical (unpaired) electrons. The Labute approximate surface area is 184 Å². The molecule has 0 atom stereocenters. The number of carbonyl (C=O) groups excluding carboxylic acids is 2. The second kappa shape index (κ2) is 17.3. The van der Waals surface area contributed by atoms with E-state index in [1.165, 1.54) is 0 Å². The molecule has 8 nitrogen and oxygen atoms in total. The van der Waals surface area contributed by atoms with E-state index in [-0.39, 0.29) is 25.1 Å². The number of aldehydes is 1. The molecule has 0 saturated carbocycles. The van der Waals surface area contributed by atoms with Gasteiger partial charge in [0, 0.05) is 25.5 Å². The van der Waals surface area contributed by atoms with Crippen LogP contribution in [0, 0.1) is 0 Å². The fraction of sp³-hybridized carbons (Fsp3) is 0.348. The van der Waals surface area contributed by atoms with E-state index in [4.69, 9.17) is 9.84 Å². The molecule has 0 aromatic heterocycles. The number of benzene rings is 1. The van der Waals surface area contributed by atoms with Crippen molar-refractivity contribution in [3.63, 3.8) is 0 Å². The second-order valence-corrected chi connectivity index (χ2v) is 6.16. The number of ether oxygens (including phenoxy) is 1. The maximum Gasteiger partial charge on any atom is 0.412 e. The van der Waals surface area contributed by atoms with Crippen LogP contribution in [0.25, 0.3) is 0 Å². The van der Waals surface area contributed by atoms with Gasteiger partial charge in [-0.05, 0) is 37.5 Å². The van der Waals surface area contributed by atoms with Crippen LogP contribution in [0.5, 0.6) is 0 Å². The topological polar surface area (TPSA) is 117 Å². The van der Waals surface area contributed by atoms with Gasteiger partial charge < -0.3 is 20.5 Å². The van der Waals surface area contributed by atoms with Crippen LogP contribution in [-0.4, -0.2) is 44.2 Å². The van der Waals surface area contributed by atoms with Crippen molar-refractivity contribution in [3.8, 4) is 0 Å². The first-order valence-electron chi connectivity index (χ1n) is 9.97. The van der Waals surface area contributed by atoms with Crippen LogP contribution in [0.1, 0.15) is 33.1 Å². The van der Waals surface area contributed by atoms with Gasteiger partial charge in [-0.3, -0.25) is 14.9 Å². The van der Waals surface area contributed by atoms with Gasteiger partial charge in [0.1, 0.15) is 12.3 Å². The number of carbonyl (C=O) groups is 3. The normalized spacial score (nSPS) is 11.5. The molecule has 0 spiro atoms. The van der Waals surface area contributed by atoms with Gasteiger partial charge in [-0.25, -0.2) is 4.79 Å². The highest BCUT2D eigenvalue weighted by Crippen LogP contribution is 2.06. The number of alkyl carbamates (subject to hydrolysis) is 1. The molecule has 8 heteroatoms. The highest BCUT2D eigenvalue weighted by atomic mass is 16.5. The summed E-state index contributed by atoms with van der Waals surface area (Å²) in [6.07, 6.45) is 6.02. The van der Waals surface area contributed by atoms with E-state index in [1.807, 2.05) is 69.5 Å². The van der Waals surface area contributed by atoms with Gasteiger partial charge in [0.25, 0.3) is 0 Å². The summed E-state index contributed by atoms with van der Waals surface area (Å²) in [6, 6.07) is 10.1. The molecule has 0 bridgehead atoms. The van der Waals surface area contributed by atoms with Crippen LogP contribution < -0.4 is 16.0 Å². The number of rotatable bonds is 11. The molecule has 0 aliphatic heterocycles. The molecule has 31 heavy (non-hydrogen) atoms. The Hall–Kier alpha value is -3.55. The number of aliphatic carboxylic acids is 1. The Morgan fingerprint density at radius 2 is 1.81 bits per heavy atom. The van der Waals surface area contributed by atoms with E-state index < -0.39 is 12.1 Å². The van der Waals surface area contributed by atoms with E-state index in [0.717, 1.165) is 17.7 Å². The van der Waals surface area contributed by atoms with Gasteiger partial charge in [-0.2, -0.15) is 0 Å². The van der Waals surface area contributed by atoms with Crippen LogP contribution in [-0.2, 0) is 14.3 Å². The fourth-order valence-electron chi connectivity index (χ4n) is 2.35.